The summed E-state index contributed by atoms with van der Waals surface area (Å²) in [5.74, 6) is 0.442. The molecule has 1 aromatic rings. The predicted octanol–water partition coefficient (Wildman–Crippen LogP) is 3.73. The standard InChI is InChI=1S/C14H18O2/c1-2-3-4-5-9-12-14(15)16-13-10-7-6-8-11-13/h4-8,10-11H,2-3,9,12H2,1H3/b5-4+. The fourth-order valence-electron chi connectivity index (χ4n) is 1.27. The number of rotatable bonds is 6. The lowest BCUT2D eigenvalue weighted by molar-refractivity contribution is -0.134. The minimum Gasteiger partial charge on any atom is -0.427 e. The van der Waals surface area contributed by atoms with Crippen LogP contribution in [0, 0.1) is 0 Å². The Kier molecular flexibility index (Phi) is 6.00. The summed E-state index contributed by atoms with van der Waals surface area (Å²) < 4.78 is 5.15. The molecule has 0 bridgehead atoms. The number of unbranched alkanes of at least 4 members (excludes halogenated alkanes) is 1. The topological polar surface area (TPSA) is 26.3 Å². The zero-order valence-electron chi connectivity index (χ0n) is 9.69. The molecule has 0 radical (unpaired) electrons. The van der Waals surface area contributed by atoms with Crippen molar-refractivity contribution < 1.29 is 9.53 Å². The molecule has 0 saturated heterocycles. The molecule has 16 heavy (non-hydrogen) atoms. The van der Waals surface area contributed by atoms with E-state index in [-0.39, 0.29) is 5.97 Å². The van der Waals surface area contributed by atoms with Crippen molar-refractivity contribution in [2.75, 3.05) is 0 Å². The maximum Gasteiger partial charge on any atom is 0.311 e. The van der Waals surface area contributed by atoms with E-state index in [9.17, 15) is 4.79 Å². The van der Waals surface area contributed by atoms with Gasteiger partial charge in [-0.3, -0.25) is 4.79 Å². The minimum absolute atomic E-state index is 0.174. The predicted molar refractivity (Wildman–Crippen MR) is 65.4 cm³/mol. The van der Waals surface area contributed by atoms with Gasteiger partial charge < -0.3 is 4.74 Å². The molecule has 0 saturated carbocycles. The van der Waals surface area contributed by atoms with Crippen molar-refractivity contribution >= 4 is 5.97 Å². The van der Waals surface area contributed by atoms with Crippen LogP contribution < -0.4 is 4.74 Å². The molecule has 0 fully saturated rings. The number of carbonyl (C=O) groups excluding carboxylic acids is 1. The maximum absolute atomic E-state index is 11.4. The summed E-state index contributed by atoms with van der Waals surface area (Å²) in [4.78, 5) is 11.4. The van der Waals surface area contributed by atoms with Crippen molar-refractivity contribution in [3.05, 3.63) is 42.5 Å². The number of ether oxygens (including phenoxy) is 1. The number of benzene rings is 1. The molecule has 0 atom stereocenters. The Bertz CT molecular complexity index is 328. The van der Waals surface area contributed by atoms with E-state index < -0.39 is 0 Å². The van der Waals surface area contributed by atoms with Crippen molar-refractivity contribution in [1.29, 1.82) is 0 Å². The molecule has 0 amide bonds. The van der Waals surface area contributed by atoms with E-state index in [4.69, 9.17) is 4.74 Å². The lowest BCUT2D eigenvalue weighted by Gasteiger charge is -2.01. The van der Waals surface area contributed by atoms with E-state index >= 15 is 0 Å². The Morgan fingerprint density at radius 3 is 2.56 bits per heavy atom. The molecular formula is C14H18O2. The van der Waals surface area contributed by atoms with Crippen LogP contribution in [-0.2, 0) is 4.79 Å². The van der Waals surface area contributed by atoms with Crippen LogP contribution in [0.1, 0.15) is 32.6 Å². The normalized spacial score (nSPS) is 10.6. The lowest BCUT2D eigenvalue weighted by atomic mass is 10.2. The molecule has 0 unspecified atom stereocenters. The van der Waals surface area contributed by atoms with Crippen molar-refractivity contribution in [3.63, 3.8) is 0 Å². The molecule has 2 nitrogen and oxygen atoms in total. The Balaban J connectivity index is 2.21. The molecule has 1 rings (SSSR count). The first-order valence-electron chi connectivity index (χ1n) is 5.73. The highest BCUT2D eigenvalue weighted by Gasteiger charge is 2.01. The third-order valence-electron chi connectivity index (χ3n) is 2.11. The largest absolute Gasteiger partial charge is 0.427 e. The molecule has 1 aromatic carbocycles. The monoisotopic (exact) mass is 218 g/mol. The van der Waals surface area contributed by atoms with Crippen LogP contribution in [0.25, 0.3) is 0 Å². The second kappa shape index (κ2) is 7.69. The van der Waals surface area contributed by atoms with Crippen LogP contribution in [0.5, 0.6) is 5.75 Å². The van der Waals surface area contributed by atoms with Crippen LogP contribution in [0.3, 0.4) is 0 Å². The van der Waals surface area contributed by atoms with Gasteiger partial charge in [-0.2, -0.15) is 0 Å². The average molecular weight is 218 g/mol. The van der Waals surface area contributed by atoms with E-state index in [0.717, 1.165) is 19.3 Å². The van der Waals surface area contributed by atoms with Crippen LogP contribution in [0.2, 0.25) is 0 Å². The molecule has 86 valence electrons. The highest BCUT2D eigenvalue weighted by atomic mass is 16.5. The molecular weight excluding hydrogens is 200 g/mol. The van der Waals surface area contributed by atoms with Crippen LogP contribution in [0.15, 0.2) is 42.5 Å². The summed E-state index contributed by atoms with van der Waals surface area (Å²) in [5.41, 5.74) is 0. The highest BCUT2D eigenvalue weighted by Crippen LogP contribution is 2.09. The highest BCUT2D eigenvalue weighted by molar-refractivity contribution is 5.72. The van der Waals surface area contributed by atoms with E-state index in [1.807, 2.05) is 24.3 Å². The molecule has 0 aliphatic carbocycles. The van der Waals surface area contributed by atoms with Crippen molar-refractivity contribution in [1.82, 2.24) is 0 Å². The Hall–Kier alpha value is -1.57. The molecule has 0 spiro atoms. The first-order chi connectivity index (χ1) is 7.83. The van der Waals surface area contributed by atoms with Gasteiger partial charge in [-0.1, -0.05) is 43.7 Å². The fraction of sp³-hybridized carbons (Fsp3) is 0.357. The van der Waals surface area contributed by atoms with E-state index in [2.05, 4.69) is 13.0 Å². The summed E-state index contributed by atoms with van der Waals surface area (Å²) >= 11 is 0. The summed E-state index contributed by atoms with van der Waals surface area (Å²) in [7, 11) is 0. The van der Waals surface area contributed by atoms with Gasteiger partial charge in [0.15, 0.2) is 0 Å². The van der Waals surface area contributed by atoms with Crippen LogP contribution in [-0.4, -0.2) is 5.97 Å². The summed E-state index contributed by atoms with van der Waals surface area (Å²) in [6.07, 6.45) is 7.56. The van der Waals surface area contributed by atoms with Gasteiger partial charge in [0.05, 0.1) is 0 Å². The lowest BCUT2D eigenvalue weighted by Crippen LogP contribution is -2.06. The number of allylic oxidation sites excluding steroid dienone is 2. The van der Waals surface area contributed by atoms with Gasteiger partial charge in [-0.15, -0.1) is 0 Å². The number of carbonyl (C=O) groups is 1. The number of hydrogen-bond acceptors (Lipinski definition) is 2. The molecule has 0 aliphatic rings. The maximum atomic E-state index is 11.4. The molecule has 2 heteroatoms. The van der Waals surface area contributed by atoms with Crippen molar-refractivity contribution in [2.24, 2.45) is 0 Å². The Labute approximate surface area is 96.9 Å². The third-order valence-corrected chi connectivity index (χ3v) is 2.11. The van der Waals surface area contributed by atoms with Gasteiger partial charge in [-0.05, 0) is 25.0 Å². The quantitative estimate of drug-likeness (QED) is 0.413. The molecule has 0 aliphatic heterocycles. The van der Waals surface area contributed by atoms with Crippen LogP contribution >= 0.6 is 0 Å². The van der Waals surface area contributed by atoms with Crippen molar-refractivity contribution in [3.8, 4) is 5.75 Å². The molecule has 0 aromatic heterocycles. The third kappa shape index (κ3) is 5.35. The summed E-state index contributed by atoms with van der Waals surface area (Å²) in [6, 6.07) is 9.16. The fourth-order valence-corrected chi connectivity index (χ4v) is 1.27. The number of esters is 1. The van der Waals surface area contributed by atoms with Gasteiger partial charge in [0.25, 0.3) is 0 Å². The molecule has 0 heterocycles. The van der Waals surface area contributed by atoms with E-state index in [1.165, 1.54) is 0 Å². The zero-order valence-corrected chi connectivity index (χ0v) is 9.69. The second-order valence-electron chi connectivity index (χ2n) is 3.59. The smallest absolute Gasteiger partial charge is 0.311 e. The second-order valence-corrected chi connectivity index (χ2v) is 3.59. The first kappa shape index (κ1) is 12.5. The summed E-state index contributed by atoms with van der Waals surface area (Å²) in [5, 5.41) is 0. The van der Waals surface area contributed by atoms with E-state index in [1.54, 1.807) is 12.1 Å². The Morgan fingerprint density at radius 2 is 1.88 bits per heavy atom. The van der Waals surface area contributed by atoms with Gasteiger partial charge >= 0.3 is 5.97 Å². The number of para-hydroxylation sites is 1. The van der Waals surface area contributed by atoms with Crippen LogP contribution in [0.4, 0.5) is 0 Å². The van der Waals surface area contributed by atoms with Gasteiger partial charge in [0.2, 0.25) is 0 Å². The minimum atomic E-state index is -0.174. The van der Waals surface area contributed by atoms with Gasteiger partial charge in [0, 0.05) is 6.42 Å². The van der Waals surface area contributed by atoms with Gasteiger partial charge in [-0.25, -0.2) is 0 Å². The van der Waals surface area contributed by atoms with Crippen molar-refractivity contribution in [2.45, 2.75) is 32.6 Å². The molecule has 0 N–H and O–H groups in total. The first-order valence-corrected chi connectivity index (χ1v) is 5.73. The zero-order chi connectivity index (χ0) is 11.6. The summed E-state index contributed by atoms with van der Waals surface area (Å²) in [6.45, 7) is 2.13. The Morgan fingerprint density at radius 1 is 1.19 bits per heavy atom. The SMILES string of the molecule is CCC/C=C/CCC(=O)Oc1ccccc1. The number of hydrogen-bond donors (Lipinski definition) is 0. The van der Waals surface area contributed by atoms with E-state index in [0.29, 0.717) is 12.2 Å². The van der Waals surface area contributed by atoms with Gasteiger partial charge in [0.1, 0.15) is 5.75 Å². The average Bonchev–Trinajstić information content (AvgIpc) is 2.30.